The molecule has 0 bridgehead atoms. The van der Waals surface area contributed by atoms with Crippen molar-refractivity contribution in [1.29, 1.82) is 0 Å². The SMILES string of the molecule is CC(Cc1cccs1)NCc1cccc2c1NCC2. The standard InChI is InChI=1S/C16H20N2S/c1-12(10-15-6-3-9-19-15)18-11-14-5-2-4-13-7-8-17-16(13)14/h2-6,9,12,17-18H,7-8,10-11H2,1H3. The van der Waals surface area contributed by atoms with E-state index in [4.69, 9.17) is 0 Å². The molecule has 0 radical (unpaired) electrons. The van der Waals surface area contributed by atoms with E-state index in [1.54, 1.807) is 0 Å². The molecule has 0 spiro atoms. The van der Waals surface area contributed by atoms with E-state index in [1.807, 2.05) is 11.3 Å². The molecule has 2 nitrogen and oxygen atoms in total. The quantitative estimate of drug-likeness (QED) is 0.871. The molecule has 0 aliphatic carbocycles. The summed E-state index contributed by atoms with van der Waals surface area (Å²) in [6.07, 6.45) is 2.27. The van der Waals surface area contributed by atoms with Crippen LogP contribution in [0.2, 0.25) is 0 Å². The fourth-order valence-corrected chi connectivity index (χ4v) is 3.48. The molecule has 1 aromatic heterocycles. The number of thiophene rings is 1. The summed E-state index contributed by atoms with van der Waals surface area (Å²) in [6, 6.07) is 11.5. The monoisotopic (exact) mass is 272 g/mol. The number of anilines is 1. The second-order valence-electron chi connectivity index (χ2n) is 5.19. The lowest BCUT2D eigenvalue weighted by molar-refractivity contribution is 0.549. The predicted octanol–water partition coefficient (Wildman–Crippen LogP) is 3.44. The number of hydrogen-bond donors (Lipinski definition) is 2. The van der Waals surface area contributed by atoms with Crippen molar-refractivity contribution in [2.24, 2.45) is 0 Å². The molecule has 3 rings (SSSR count). The van der Waals surface area contributed by atoms with Crippen LogP contribution in [0, 0.1) is 0 Å². The second-order valence-corrected chi connectivity index (χ2v) is 6.23. The van der Waals surface area contributed by atoms with E-state index in [-0.39, 0.29) is 0 Å². The lowest BCUT2D eigenvalue weighted by Crippen LogP contribution is -2.27. The van der Waals surface area contributed by atoms with E-state index in [0.29, 0.717) is 6.04 Å². The molecule has 2 heterocycles. The highest BCUT2D eigenvalue weighted by Gasteiger charge is 2.13. The van der Waals surface area contributed by atoms with E-state index in [0.717, 1.165) is 25.9 Å². The third kappa shape index (κ3) is 2.99. The topological polar surface area (TPSA) is 24.1 Å². The Hall–Kier alpha value is -1.32. The summed E-state index contributed by atoms with van der Waals surface area (Å²) in [5.74, 6) is 0. The molecule has 1 aromatic carbocycles. The molecule has 1 aliphatic heterocycles. The maximum atomic E-state index is 3.63. The Morgan fingerprint density at radius 2 is 2.26 bits per heavy atom. The highest BCUT2D eigenvalue weighted by atomic mass is 32.1. The molecule has 0 fully saturated rings. The Labute approximate surface area is 118 Å². The van der Waals surface area contributed by atoms with Crippen molar-refractivity contribution in [3.63, 3.8) is 0 Å². The molecule has 0 saturated heterocycles. The van der Waals surface area contributed by atoms with Crippen molar-refractivity contribution < 1.29 is 0 Å². The number of nitrogens with one attached hydrogen (secondary N) is 2. The van der Waals surface area contributed by atoms with Crippen LogP contribution in [0.3, 0.4) is 0 Å². The lowest BCUT2D eigenvalue weighted by atomic mass is 10.1. The zero-order valence-corrected chi connectivity index (χ0v) is 12.1. The zero-order chi connectivity index (χ0) is 13.1. The van der Waals surface area contributed by atoms with Gasteiger partial charge < -0.3 is 10.6 Å². The van der Waals surface area contributed by atoms with Crippen LogP contribution in [0.5, 0.6) is 0 Å². The van der Waals surface area contributed by atoms with E-state index in [2.05, 4.69) is 53.3 Å². The van der Waals surface area contributed by atoms with Gasteiger partial charge in [0.15, 0.2) is 0 Å². The highest BCUT2D eigenvalue weighted by Crippen LogP contribution is 2.26. The smallest absolute Gasteiger partial charge is 0.0419 e. The Kier molecular flexibility index (Phi) is 3.85. The normalized spacial score (nSPS) is 15.0. The molecular formula is C16H20N2S. The van der Waals surface area contributed by atoms with Gasteiger partial charge in [0.25, 0.3) is 0 Å². The van der Waals surface area contributed by atoms with E-state index < -0.39 is 0 Å². The molecule has 2 aromatic rings. The van der Waals surface area contributed by atoms with Gasteiger partial charge in [0.2, 0.25) is 0 Å². The van der Waals surface area contributed by atoms with Crippen molar-refractivity contribution in [2.75, 3.05) is 11.9 Å². The summed E-state index contributed by atoms with van der Waals surface area (Å²) in [5, 5.41) is 9.28. The first kappa shape index (κ1) is 12.7. The molecule has 1 aliphatic rings. The molecule has 100 valence electrons. The summed E-state index contributed by atoms with van der Waals surface area (Å²) in [6.45, 7) is 4.29. The molecule has 1 unspecified atom stereocenters. The first-order valence-electron chi connectivity index (χ1n) is 6.93. The fraction of sp³-hybridized carbons (Fsp3) is 0.375. The molecule has 0 saturated carbocycles. The van der Waals surface area contributed by atoms with Gasteiger partial charge in [0.1, 0.15) is 0 Å². The number of benzene rings is 1. The minimum absolute atomic E-state index is 0.510. The van der Waals surface area contributed by atoms with Gasteiger partial charge in [-0.1, -0.05) is 24.3 Å². The maximum Gasteiger partial charge on any atom is 0.0419 e. The molecule has 0 amide bonds. The first-order valence-corrected chi connectivity index (χ1v) is 7.81. The van der Waals surface area contributed by atoms with Crippen molar-refractivity contribution in [2.45, 2.75) is 32.4 Å². The predicted molar refractivity (Wildman–Crippen MR) is 83.0 cm³/mol. The van der Waals surface area contributed by atoms with E-state index >= 15 is 0 Å². The van der Waals surface area contributed by atoms with Gasteiger partial charge in [-0.05, 0) is 42.3 Å². The summed E-state index contributed by atoms with van der Waals surface area (Å²) < 4.78 is 0. The molecule has 19 heavy (non-hydrogen) atoms. The largest absolute Gasteiger partial charge is 0.384 e. The van der Waals surface area contributed by atoms with E-state index in [9.17, 15) is 0 Å². The Morgan fingerprint density at radius 1 is 1.32 bits per heavy atom. The average molecular weight is 272 g/mol. The Bertz CT molecular complexity index is 534. The van der Waals surface area contributed by atoms with Crippen LogP contribution in [0.4, 0.5) is 5.69 Å². The summed E-state index contributed by atoms with van der Waals surface area (Å²) in [4.78, 5) is 1.46. The van der Waals surface area contributed by atoms with Crippen LogP contribution in [0.1, 0.15) is 22.9 Å². The molecule has 1 atom stereocenters. The van der Waals surface area contributed by atoms with Crippen LogP contribution in [-0.2, 0) is 19.4 Å². The third-order valence-corrected chi connectivity index (χ3v) is 4.56. The third-order valence-electron chi connectivity index (χ3n) is 3.66. The van der Waals surface area contributed by atoms with Crippen LogP contribution >= 0.6 is 11.3 Å². The number of rotatable bonds is 5. The van der Waals surface area contributed by atoms with Gasteiger partial charge in [0.05, 0.1) is 0 Å². The summed E-state index contributed by atoms with van der Waals surface area (Å²) in [7, 11) is 0. The van der Waals surface area contributed by atoms with Crippen LogP contribution < -0.4 is 10.6 Å². The van der Waals surface area contributed by atoms with Gasteiger partial charge in [-0.15, -0.1) is 11.3 Å². The van der Waals surface area contributed by atoms with Gasteiger partial charge in [-0.2, -0.15) is 0 Å². The highest BCUT2D eigenvalue weighted by molar-refractivity contribution is 7.09. The van der Waals surface area contributed by atoms with Crippen molar-refractivity contribution in [3.05, 3.63) is 51.7 Å². The Morgan fingerprint density at radius 3 is 3.11 bits per heavy atom. The van der Waals surface area contributed by atoms with Gasteiger partial charge >= 0.3 is 0 Å². The molecule has 2 N–H and O–H groups in total. The van der Waals surface area contributed by atoms with Crippen LogP contribution in [0.25, 0.3) is 0 Å². The average Bonchev–Trinajstić information content (AvgIpc) is 3.06. The number of hydrogen-bond acceptors (Lipinski definition) is 3. The molecular weight excluding hydrogens is 252 g/mol. The maximum absolute atomic E-state index is 3.63. The van der Waals surface area contributed by atoms with Crippen molar-refractivity contribution >= 4 is 17.0 Å². The zero-order valence-electron chi connectivity index (χ0n) is 11.3. The molecule has 3 heteroatoms. The number of fused-ring (bicyclic) bond motifs is 1. The van der Waals surface area contributed by atoms with Crippen molar-refractivity contribution in [3.8, 4) is 0 Å². The minimum atomic E-state index is 0.510. The van der Waals surface area contributed by atoms with Crippen molar-refractivity contribution in [1.82, 2.24) is 5.32 Å². The van der Waals surface area contributed by atoms with Gasteiger partial charge in [0, 0.05) is 29.7 Å². The van der Waals surface area contributed by atoms with E-state index in [1.165, 1.54) is 21.7 Å². The van der Waals surface area contributed by atoms with Crippen LogP contribution in [-0.4, -0.2) is 12.6 Å². The Balaban J connectivity index is 1.59. The number of para-hydroxylation sites is 1. The van der Waals surface area contributed by atoms with Gasteiger partial charge in [-0.25, -0.2) is 0 Å². The fourth-order valence-electron chi connectivity index (χ4n) is 2.65. The second kappa shape index (κ2) is 5.76. The summed E-state index contributed by atoms with van der Waals surface area (Å²) >= 11 is 1.84. The lowest BCUT2D eigenvalue weighted by Gasteiger charge is -2.15. The minimum Gasteiger partial charge on any atom is -0.384 e. The van der Waals surface area contributed by atoms with Gasteiger partial charge in [-0.3, -0.25) is 0 Å². The van der Waals surface area contributed by atoms with Crippen LogP contribution in [0.15, 0.2) is 35.7 Å². The summed E-state index contributed by atoms with van der Waals surface area (Å²) in [5.41, 5.74) is 4.22. The first-order chi connectivity index (χ1) is 9.33.